The lowest BCUT2D eigenvalue weighted by atomic mass is 9.87. The zero-order valence-corrected chi connectivity index (χ0v) is 10.9. The van der Waals surface area contributed by atoms with Gasteiger partial charge < -0.3 is 4.74 Å². The van der Waals surface area contributed by atoms with Gasteiger partial charge in [-0.05, 0) is 25.7 Å². The zero-order valence-electron chi connectivity index (χ0n) is 10.9. The Morgan fingerprint density at radius 2 is 1.50 bits per heavy atom. The van der Waals surface area contributed by atoms with Gasteiger partial charge in [-0.1, -0.05) is 27.2 Å². The van der Waals surface area contributed by atoms with Crippen molar-refractivity contribution in [2.75, 3.05) is 6.61 Å². The van der Waals surface area contributed by atoms with Gasteiger partial charge in [0, 0.05) is 6.61 Å². The van der Waals surface area contributed by atoms with E-state index in [0.29, 0.717) is 6.61 Å². The minimum atomic E-state index is -4.16. The Morgan fingerprint density at radius 1 is 1.00 bits per heavy atom. The number of hydrogen-bond donors (Lipinski definition) is 0. The van der Waals surface area contributed by atoms with Crippen LogP contribution in [0, 0.1) is 5.41 Å². The summed E-state index contributed by atoms with van der Waals surface area (Å²) in [6, 6.07) is 0. The standard InChI is InChI=1S/C12H23F3O/c1-6-10(2,3)7-8-16-11(4,5)9-12(13,14)15/h6-9H2,1-5H3. The predicted molar refractivity (Wildman–Crippen MR) is 59.4 cm³/mol. The Kier molecular flexibility index (Phi) is 5.30. The molecule has 0 amide bonds. The number of rotatable bonds is 6. The van der Waals surface area contributed by atoms with Gasteiger partial charge in [0.15, 0.2) is 0 Å². The van der Waals surface area contributed by atoms with Crippen LogP contribution in [0.3, 0.4) is 0 Å². The smallest absolute Gasteiger partial charge is 0.375 e. The average Bonchev–Trinajstić information content (AvgIpc) is 1.98. The summed E-state index contributed by atoms with van der Waals surface area (Å²) in [6.07, 6.45) is -3.28. The second-order valence-corrected chi connectivity index (χ2v) is 5.67. The van der Waals surface area contributed by atoms with E-state index in [1.54, 1.807) is 0 Å². The maximum atomic E-state index is 12.2. The summed E-state index contributed by atoms with van der Waals surface area (Å²) < 4.78 is 41.9. The van der Waals surface area contributed by atoms with Crippen molar-refractivity contribution in [3.63, 3.8) is 0 Å². The molecule has 0 N–H and O–H groups in total. The van der Waals surface area contributed by atoms with E-state index in [9.17, 15) is 13.2 Å². The van der Waals surface area contributed by atoms with Gasteiger partial charge in [0.2, 0.25) is 0 Å². The SMILES string of the molecule is CCC(C)(C)CCOC(C)(C)CC(F)(F)F. The molecule has 0 aromatic carbocycles. The number of ether oxygens (including phenoxy) is 1. The van der Waals surface area contributed by atoms with Crippen LogP contribution in [0.5, 0.6) is 0 Å². The Bertz CT molecular complexity index is 207. The zero-order chi connectivity index (χ0) is 13.0. The van der Waals surface area contributed by atoms with E-state index in [0.717, 1.165) is 12.8 Å². The highest BCUT2D eigenvalue weighted by atomic mass is 19.4. The lowest BCUT2D eigenvalue weighted by Gasteiger charge is -2.29. The molecule has 0 aliphatic heterocycles. The number of halogens is 3. The van der Waals surface area contributed by atoms with Crippen LogP contribution in [-0.2, 0) is 4.74 Å². The molecule has 98 valence electrons. The minimum Gasteiger partial charge on any atom is -0.375 e. The van der Waals surface area contributed by atoms with Crippen molar-refractivity contribution >= 4 is 0 Å². The summed E-state index contributed by atoms with van der Waals surface area (Å²) in [5.41, 5.74) is -0.990. The van der Waals surface area contributed by atoms with E-state index in [4.69, 9.17) is 4.74 Å². The van der Waals surface area contributed by atoms with Crippen LogP contribution >= 0.6 is 0 Å². The van der Waals surface area contributed by atoms with E-state index in [1.807, 2.05) is 0 Å². The Morgan fingerprint density at radius 3 is 1.88 bits per heavy atom. The Labute approximate surface area is 96.4 Å². The molecule has 0 radical (unpaired) electrons. The van der Waals surface area contributed by atoms with Gasteiger partial charge in [0.25, 0.3) is 0 Å². The van der Waals surface area contributed by atoms with Gasteiger partial charge in [-0.15, -0.1) is 0 Å². The first kappa shape index (κ1) is 15.8. The largest absolute Gasteiger partial charge is 0.391 e. The molecule has 0 unspecified atom stereocenters. The second-order valence-electron chi connectivity index (χ2n) is 5.67. The molecule has 0 bridgehead atoms. The lowest BCUT2D eigenvalue weighted by molar-refractivity contribution is -0.181. The van der Waals surface area contributed by atoms with Crippen molar-refractivity contribution in [2.45, 2.75) is 65.7 Å². The molecule has 16 heavy (non-hydrogen) atoms. The summed E-state index contributed by atoms with van der Waals surface area (Å²) in [5.74, 6) is 0. The summed E-state index contributed by atoms with van der Waals surface area (Å²) >= 11 is 0. The predicted octanol–water partition coefficient (Wildman–Crippen LogP) is 4.56. The van der Waals surface area contributed by atoms with Crippen LogP contribution in [0.1, 0.15) is 53.9 Å². The molecule has 0 aliphatic rings. The van der Waals surface area contributed by atoms with Crippen LogP contribution in [0.2, 0.25) is 0 Å². The molecule has 0 atom stereocenters. The van der Waals surface area contributed by atoms with E-state index in [1.165, 1.54) is 13.8 Å². The lowest BCUT2D eigenvalue weighted by Crippen LogP contribution is -2.32. The van der Waals surface area contributed by atoms with Gasteiger partial charge in [-0.3, -0.25) is 0 Å². The third kappa shape index (κ3) is 7.97. The van der Waals surface area contributed by atoms with Crippen molar-refractivity contribution < 1.29 is 17.9 Å². The van der Waals surface area contributed by atoms with Gasteiger partial charge >= 0.3 is 6.18 Å². The van der Waals surface area contributed by atoms with E-state index >= 15 is 0 Å². The first-order chi connectivity index (χ1) is 6.97. The van der Waals surface area contributed by atoms with Crippen molar-refractivity contribution in [3.05, 3.63) is 0 Å². The molecular formula is C12H23F3O. The molecular weight excluding hydrogens is 217 g/mol. The topological polar surface area (TPSA) is 9.23 Å². The highest BCUT2D eigenvalue weighted by Gasteiger charge is 2.37. The van der Waals surface area contributed by atoms with Crippen LogP contribution in [0.15, 0.2) is 0 Å². The fraction of sp³-hybridized carbons (Fsp3) is 1.00. The third-order valence-corrected chi connectivity index (χ3v) is 2.85. The van der Waals surface area contributed by atoms with Gasteiger partial charge in [0.05, 0.1) is 12.0 Å². The molecule has 0 fully saturated rings. The van der Waals surface area contributed by atoms with Crippen LogP contribution in [0.4, 0.5) is 13.2 Å². The molecule has 0 heterocycles. The van der Waals surface area contributed by atoms with Gasteiger partial charge in [0.1, 0.15) is 0 Å². The van der Waals surface area contributed by atoms with Gasteiger partial charge in [-0.2, -0.15) is 13.2 Å². The number of alkyl halides is 3. The molecule has 0 aromatic rings. The highest BCUT2D eigenvalue weighted by molar-refractivity contribution is 4.74. The maximum absolute atomic E-state index is 12.2. The molecule has 0 rings (SSSR count). The van der Waals surface area contributed by atoms with Crippen molar-refractivity contribution in [1.82, 2.24) is 0 Å². The summed E-state index contributed by atoms with van der Waals surface area (Å²) in [4.78, 5) is 0. The summed E-state index contributed by atoms with van der Waals surface area (Å²) in [6.45, 7) is 9.60. The van der Waals surface area contributed by atoms with E-state index < -0.39 is 18.2 Å². The average molecular weight is 240 g/mol. The van der Waals surface area contributed by atoms with Crippen molar-refractivity contribution in [1.29, 1.82) is 0 Å². The summed E-state index contributed by atoms with van der Waals surface area (Å²) in [5, 5.41) is 0. The molecule has 0 saturated carbocycles. The summed E-state index contributed by atoms with van der Waals surface area (Å²) in [7, 11) is 0. The quantitative estimate of drug-likeness (QED) is 0.661. The first-order valence-corrected chi connectivity index (χ1v) is 5.68. The Balaban J connectivity index is 4.01. The highest BCUT2D eigenvalue weighted by Crippen LogP contribution is 2.31. The first-order valence-electron chi connectivity index (χ1n) is 5.68. The fourth-order valence-electron chi connectivity index (χ4n) is 1.31. The van der Waals surface area contributed by atoms with Gasteiger partial charge in [-0.25, -0.2) is 0 Å². The van der Waals surface area contributed by atoms with Crippen LogP contribution in [-0.4, -0.2) is 18.4 Å². The number of hydrogen-bond acceptors (Lipinski definition) is 1. The molecule has 0 spiro atoms. The monoisotopic (exact) mass is 240 g/mol. The molecule has 0 aliphatic carbocycles. The van der Waals surface area contributed by atoms with Crippen LogP contribution in [0.25, 0.3) is 0 Å². The maximum Gasteiger partial charge on any atom is 0.391 e. The second kappa shape index (κ2) is 5.39. The Hall–Kier alpha value is -0.250. The fourth-order valence-corrected chi connectivity index (χ4v) is 1.31. The molecule has 0 saturated heterocycles. The van der Waals surface area contributed by atoms with E-state index in [-0.39, 0.29) is 5.41 Å². The van der Waals surface area contributed by atoms with Crippen molar-refractivity contribution in [2.24, 2.45) is 5.41 Å². The molecule has 0 aromatic heterocycles. The third-order valence-electron chi connectivity index (χ3n) is 2.85. The normalized spacial score (nSPS) is 14.2. The van der Waals surface area contributed by atoms with Crippen molar-refractivity contribution in [3.8, 4) is 0 Å². The molecule has 1 nitrogen and oxygen atoms in total. The van der Waals surface area contributed by atoms with E-state index in [2.05, 4.69) is 20.8 Å². The van der Waals surface area contributed by atoms with Crippen LogP contribution < -0.4 is 0 Å². The molecule has 4 heteroatoms. The minimum absolute atomic E-state index is 0.133.